The highest BCUT2D eigenvalue weighted by molar-refractivity contribution is 5.80. The highest BCUT2D eigenvalue weighted by Gasteiger charge is 2.09. The Bertz CT molecular complexity index is 446. The number of carbonyl (C=O) groups excluding carboxylic acids is 1. The van der Waals surface area contributed by atoms with Gasteiger partial charge in [0.1, 0.15) is 17.5 Å². The predicted octanol–water partition coefficient (Wildman–Crippen LogP) is 1.07. The second-order valence-corrected chi connectivity index (χ2v) is 5.35. The summed E-state index contributed by atoms with van der Waals surface area (Å²) in [6.45, 7) is 8.92. The number of aromatic nitrogens is 2. The summed E-state index contributed by atoms with van der Waals surface area (Å²) in [6.07, 6.45) is 0. The molecular formula is C13H24N6O. The van der Waals surface area contributed by atoms with Crippen LogP contribution in [0.2, 0.25) is 0 Å². The lowest BCUT2D eigenvalue weighted by molar-refractivity contribution is -0.119. The second kappa shape index (κ2) is 7.64. The molecule has 0 aliphatic carbocycles. The minimum Gasteiger partial charge on any atom is -0.361 e. The molecule has 0 atom stereocenters. The lowest BCUT2D eigenvalue weighted by Crippen LogP contribution is -2.32. The third-order valence-electron chi connectivity index (χ3n) is 2.55. The topological polar surface area (TPSA) is 105 Å². The van der Waals surface area contributed by atoms with E-state index in [4.69, 9.17) is 5.84 Å². The molecule has 1 amide bonds. The Kier molecular flexibility index (Phi) is 6.17. The first-order chi connectivity index (χ1) is 9.42. The van der Waals surface area contributed by atoms with Crippen molar-refractivity contribution in [3.63, 3.8) is 0 Å². The minimum absolute atomic E-state index is 0.0642. The smallest absolute Gasteiger partial charge is 0.239 e. The van der Waals surface area contributed by atoms with Crippen LogP contribution >= 0.6 is 0 Å². The first kappa shape index (κ1) is 16.2. The van der Waals surface area contributed by atoms with Gasteiger partial charge in [-0.3, -0.25) is 4.79 Å². The molecule has 112 valence electrons. The van der Waals surface area contributed by atoms with Crippen molar-refractivity contribution in [1.29, 1.82) is 0 Å². The molecule has 1 rings (SSSR count). The first-order valence-electron chi connectivity index (χ1n) is 6.78. The number of hydrazine groups is 1. The summed E-state index contributed by atoms with van der Waals surface area (Å²) < 4.78 is 0. The maximum absolute atomic E-state index is 11.6. The zero-order valence-corrected chi connectivity index (χ0v) is 12.5. The fraction of sp³-hybridized carbons (Fsp3) is 0.615. The molecule has 0 aliphatic rings. The van der Waals surface area contributed by atoms with E-state index in [1.54, 1.807) is 6.07 Å². The van der Waals surface area contributed by atoms with Crippen LogP contribution in [0.5, 0.6) is 0 Å². The van der Waals surface area contributed by atoms with Crippen LogP contribution in [0.15, 0.2) is 6.07 Å². The number of nitrogens with two attached hydrogens (primary N) is 1. The quantitative estimate of drug-likeness (QED) is 0.440. The average Bonchev–Trinajstić information content (AvgIpc) is 2.42. The molecule has 0 aromatic carbocycles. The Morgan fingerprint density at radius 1 is 1.25 bits per heavy atom. The summed E-state index contributed by atoms with van der Waals surface area (Å²) in [5.41, 5.74) is 2.50. The highest BCUT2D eigenvalue weighted by Crippen LogP contribution is 2.16. The Hall–Kier alpha value is -1.89. The van der Waals surface area contributed by atoms with Gasteiger partial charge >= 0.3 is 0 Å². The molecule has 0 fully saturated rings. The van der Waals surface area contributed by atoms with E-state index in [1.807, 2.05) is 27.7 Å². The van der Waals surface area contributed by atoms with E-state index in [9.17, 15) is 4.79 Å². The van der Waals surface area contributed by atoms with Gasteiger partial charge in [-0.1, -0.05) is 27.7 Å². The third kappa shape index (κ3) is 5.40. The predicted molar refractivity (Wildman–Crippen MR) is 80.3 cm³/mol. The molecule has 7 nitrogen and oxygen atoms in total. The molecule has 5 N–H and O–H groups in total. The maximum Gasteiger partial charge on any atom is 0.239 e. The lowest BCUT2D eigenvalue weighted by atomic mass is 10.2. The van der Waals surface area contributed by atoms with Gasteiger partial charge in [0.05, 0.1) is 6.54 Å². The van der Waals surface area contributed by atoms with Crippen LogP contribution < -0.4 is 21.9 Å². The number of carbonyl (C=O) groups is 1. The van der Waals surface area contributed by atoms with Gasteiger partial charge in [-0.15, -0.1) is 0 Å². The fourth-order valence-corrected chi connectivity index (χ4v) is 1.44. The van der Waals surface area contributed by atoms with Crippen molar-refractivity contribution < 1.29 is 4.79 Å². The molecule has 7 heteroatoms. The summed E-state index contributed by atoms with van der Waals surface area (Å²) in [7, 11) is 0. The van der Waals surface area contributed by atoms with Crippen LogP contribution in [0.1, 0.15) is 39.4 Å². The van der Waals surface area contributed by atoms with Crippen molar-refractivity contribution in [2.45, 2.75) is 33.6 Å². The van der Waals surface area contributed by atoms with Gasteiger partial charge in [0, 0.05) is 18.5 Å². The summed E-state index contributed by atoms with van der Waals surface area (Å²) >= 11 is 0. The molecule has 1 aromatic heterocycles. The van der Waals surface area contributed by atoms with Gasteiger partial charge < -0.3 is 16.1 Å². The van der Waals surface area contributed by atoms with Gasteiger partial charge in [-0.05, 0) is 5.92 Å². The Balaban J connectivity index is 2.63. The van der Waals surface area contributed by atoms with Crippen molar-refractivity contribution in [1.82, 2.24) is 15.3 Å². The number of nitrogens with zero attached hydrogens (tertiary/aromatic N) is 2. The number of amides is 1. The van der Waals surface area contributed by atoms with E-state index in [0.717, 1.165) is 0 Å². The SMILES string of the molecule is CC(C)CNC(=O)CNc1cc(NN)nc(C(C)C)n1. The Morgan fingerprint density at radius 2 is 1.90 bits per heavy atom. The summed E-state index contributed by atoms with van der Waals surface area (Å²) in [4.78, 5) is 20.2. The van der Waals surface area contributed by atoms with Crippen LogP contribution in [0.4, 0.5) is 11.6 Å². The number of nitrogen functional groups attached to an aromatic ring is 1. The second-order valence-electron chi connectivity index (χ2n) is 5.35. The van der Waals surface area contributed by atoms with Gasteiger partial charge in [-0.2, -0.15) is 0 Å². The van der Waals surface area contributed by atoms with Crippen molar-refractivity contribution in [2.24, 2.45) is 11.8 Å². The van der Waals surface area contributed by atoms with Crippen molar-refractivity contribution in [2.75, 3.05) is 23.8 Å². The molecule has 0 unspecified atom stereocenters. The van der Waals surface area contributed by atoms with Gasteiger partial charge in [0.25, 0.3) is 0 Å². The molecule has 0 radical (unpaired) electrons. The molecule has 0 saturated carbocycles. The van der Waals surface area contributed by atoms with E-state index in [0.29, 0.717) is 29.9 Å². The lowest BCUT2D eigenvalue weighted by Gasteiger charge is -2.12. The van der Waals surface area contributed by atoms with Crippen molar-refractivity contribution in [3.8, 4) is 0 Å². The number of hydrogen-bond acceptors (Lipinski definition) is 6. The molecular weight excluding hydrogens is 256 g/mol. The van der Waals surface area contributed by atoms with E-state index in [2.05, 4.69) is 26.0 Å². The molecule has 0 aliphatic heterocycles. The van der Waals surface area contributed by atoms with Crippen LogP contribution in [0, 0.1) is 5.92 Å². The largest absolute Gasteiger partial charge is 0.361 e. The first-order valence-corrected chi connectivity index (χ1v) is 6.78. The molecule has 1 aromatic rings. The number of nitrogens with one attached hydrogen (secondary N) is 3. The summed E-state index contributed by atoms with van der Waals surface area (Å²) in [6, 6.07) is 1.67. The minimum atomic E-state index is -0.0642. The van der Waals surface area contributed by atoms with Crippen LogP contribution in [-0.4, -0.2) is 29.0 Å². The summed E-state index contributed by atoms with van der Waals surface area (Å²) in [5.74, 6) is 7.70. The van der Waals surface area contributed by atoms with Crippen molar-refractivity contribution in [3.05, 3.63) is 11.9 Å². The van der Waals surface area contributed by atoms with Crippen LogP contribution in [0.3, 0.4) is 0 Å². The van der Waals surface area contributed by atoms with Crippen LogP contribution in [-0.2, 0) is 4.79 Å². The molecule has 1 heterocycles. The molecule has 0 bridgehead atoms. The standard InChI is InChI=1S/C13H24N6O/c1-8(2)6-16-12(20)7-15-10-5-11(19-14)18-13(17-10)9(3)4/h5,8-9H,6-7,14H2,1-4H3,(H,16,20)(H2,15,17,18,19). The Labute approximate surface area is 119 Å². The van der Waals surface area contributed by atoms with Gasteiger partial charge in [-0.25, -0.2) is 15.8 Å². The van der Waals surface area contributed by atoms with E-state index < -0.39 is 0 Å². The van der Waals surface area contributed by atoms with E-state index >= 15 is 0 Å². The molecule has 0 spiro atoms. The zero-order chi connectivity index (χ0) is 15.1. The van der Waals surface area contributed by atoms with Gasteiger partial charge in [0.15, 0.2) is 0 Å². The number of anilines is 2. The number of hydrogen-bond donors (Lipinski definition) is 4. The normalized spacial score (nSPS) is 10.8. The molecule has 20 heavy (non-hydrogen) atoms. The average molecular weight is 280 g/mol. The molecule has 0 saturated heterocycles. The monoisotopic (exact) mass is 280 g/mol. The van der Waals surface area contributed by atoms with Crippen molar-refractivity contribution >= 4 is 17.5 Å². The highest BCUT2D eigenvalue weighted by atomic mass is 16.1. The number of rotatable bonds is 7. The van der Waals surface area contributed by atoms with Gasteiger partial charge in [0.2, 0.25) is 5.91 Å². The van der Waals surface area contributed by atoms with E-state index in [-0.39, 0.29) is 18.4 Å². The fourth-order valence-electron chi connectivity index (χ4n) is 1.44. The maximum atomic E-state index is 11.6. The van der Waals surface area contributed by atoms with E-state index in [1.165, 1.54) is 0 Å². The third-order valence-corrected chi connectivity index (χ3v) is 2.55. The summed E-state index contributed by atoms with van der Waals surface area (Å²) in [5, 5.41) is 5.81. The zero-order valence-electron chi connectivity index (χ0n) is 12.5. The van der Waals surface area contributed by atoms with Crippen LogP contribution in [0.25, 0.3) is 0 Å². The Morgan fingerprint density at radius 3 is 2.45 bits per heavy atom.